The van der Waals surface area contributed by atoms with Gasteiger partial charge in [0.25, 0.3) is 0 Å². The van der Waals surface area contributed by atoms with Crippen LogP contribution in [0.2, 0.25) is 30.1 Å². The molecule has 0 saturated heterocycles. The molecule has 6 aromatic rings. The second kappa shape index (κ2) is 34.2. The number of hydrogen-bond acceptors (Lipinski definition) is 6. The van der Waals surface area contributed by atoms with E-state index in [4.69, 9.17) is 79.1 Å². The van der Waals surface area contributed by atoms with Gasteiger partial charge < -0.3 is 20.1 Å². The predicted octanol–water partition coefficient (Wildman–Crippen LogP) is 17.9. The first-order valence-electron chi connectivity index (χ1n) is 27.8. The van der Waals surface area contributed by atoms with E-state index in [1.54, 1.807) is 72.8 Å². The van der Waals surface area contributed by atoms with Crippen LogP contribution in [0.15, 0.2) is 158 Å². The van der Waals surface area contributed by atoms with Crippen LogP contribution in [0.3, 0.4) is 0 Å². The van der Waals surface area contributed by atoms with Gasteiger partial charge in [0.2, 0.25) is 11.8 Å². The lowest BCUT2D eigenvalue weighted by atomic mass is 9.67. The average Bonchev–Trinajstić information content (AvgIpc) is 3.64. The van der Waals surface area contributed by atoms with Gasteiger partial charge in [-0.1, -0.05) is 219 Å². The number of ether oxygens (including phenoxy) is 2. The smallest absolute Gasteiger partial charge is 0.325 e. The Bertz CT molecular complexity index is 2440. The Kier molecular flexibility index (Phi) is 27.3. The lowest BCUT2D eigenvalue weighted by Crippen LogP contribution is -2.39. The highest BCUT2D eigenvalue weighted by molar-refractivity contribution is 6.32. The van der Waals surface area contributed by atoms with Crippen molar-refractivity contribution in [2.75, 3.05) is 26.3 Å². The topological polar surface area (TPSA) is 111 Å². The Labute approximate surface area is 503 Å². The van der Waals surface area contributed by atoms with E-state index in [9.17, 15) is 19.2 Å². The van der Waals surface area contributed by atoms with Crippen molar-refractivity contribution in [3.8, 4) is 0 Å². The van der Waals surface area contributed by atoms with E-state index in [1.165, 1.54) is 38.5 Å². The lowest BCUT2D eigenvalue weighted by Gasteiger charge is -2.35. The normalized spacial score (nSPS) is 11.6. The number of hydrogen-bond donors (Lipinski definition) is 2. The van der Waals surface area contributed by atoms with E-state index < -0.39 is 22.8 Å². The zero-order valence-corrected chi connectivity index (χ0v) is 49.8. The minimum atomic E-state index is -0.922. The number of carbonyl (C=O) groups excluding carboxylic acids is 4. The number of unbranched alkanes of at least 4 members (excludes halogenated alkanes) is 14. The maximum absolute atomic E-state index is 13.7. The fraction of sp³-hybridized carbons (Fsp3) is 0.364. The summed E-state index contributed by atoms with van der Waals surface area (Å²) in [7, 11) is 0. The van der Waals surface area contributed by atoms with E-state index in [-0.39, 0.29) is 37.7 Å². The van der Waals surface area contributed by atoms with Crippen molar-refractivity contribution in [1.82, 2.24) is 10.6 Å². The Morgan fingerprint density at radius 2 is 0.537 bits per heavy atom. The molecule has 0 unspecified atom stereocenters. The number of esters is 2. The van der Waals surface area contributed by atoms with Crippen molar-refractivity contribution >= 4 is 93.4 Å². The number of benzene rings is 6. The summed E-state index contributed by atoms with van der Waals surface area (Å²) in [6, 6.07) is 44.5. The summed E-state index contributed by atoms with van der Waals surface area (Å²) in [5, 5.41) is 9.05. The highest BCUT2D eigenvalue weighted by Crippen LogP contribution is 2.45. The number of amides is 2. The molecule has 2 amide bonds. The minimum absolute atomic E-state index is 0.0162. The van der Waals surface area contributed by atoms with Gasteiger partial charge >= 0.3 is 11.9 Å². The summed E-state index contributed by atoms with van der Waals surface area (Å²) in [6.07, 6.45) is 22.1. The van der Waals surface area contributed by atoms with Crippen molar-refractivity contribution in [2.24, 2.45) is 0 Å². The van der Waals surface area contributed by atoms with Gasteiger partial charge in [-0.2, -0.15) is 0 Å². The fourth-order valence-electron chi connectivity index (χ4n) is 10.2. The van der Waals surface area contributed by atoms with E-state index in [0.717, 1.165) is 97.6 Å². The first-order valence-corrected chi connectivity index (χ1v) is 30.1. The number of rotatable bonds is 34. The second-order valence-electron chi connectivity index (χ2n) is 20.2. The van der Waals surface area contributed by atoms with Gasteiger partial charge in [-0.05, 0) is 145 Å². The summed E-state index contributed by atoms with van der Waals surface area (Å²) in [5.74, 6) is -1.55. The molecule has 80 heavy (non-hydrogen) atoms. The molecular formula is C66H72Cl6N2O6. The Balaban J connectivity index is 0.752. The molecule has 8 nitrogen and oxygen atoms in total. The van der Waals surface area contributed by atoms with Gasteiger partial charge in [-0.25, -0.2) is 0 Å². The monoisotopic (exact) mass is 1200 g/mol. The largest absolute Gasteiger partial charge is 0.464 e. The summed E-state index contributed by atoms with van der Waals surface area (Å²) in [4.78, 5) is 52.7. The molecule has 0 bridgehead atoms. The van der Waals surface area contributed by atoms with Crippen LogP contribution in [0, 0.1) is 0 Å². The van der Waals surface area contributed by atoms with Crippen molar-refractivity contribution in [3.05, 3.63) is 221 Å². The molecule has 424 valence electrons. The molecule has 2 N–H and O–H groups in total. The van der Waals surface area contributed by atoms with Gasteiger partial charge in [0, 0.05) is 43.0 Å². The average molecular weight is 1200 g/mol. The number of nitrogens with one attached hydrogen (secondary N) is 2. The molecule has 0 spiro atoms. The summed E-state index contributed by atoms with van der Waals surface area (Å²) < 4.78 is 11.0. The van der Waals surface area contributed by atoms with Gasteiger partial charge in [0.05, 0.1) is 24.0 Å². The van der Waals surface area contributed by atoms with Crippen LogP contribution in [-0.2, 0) is 39.5 Å². The zero-order chi connectivity index (χ0) is 57.0. The van der Waals surface area contributed by atoms with Gasteiger partial charge in [0.1, 0.15) is 13.1 Å². The molecular weight excluding hydrogens is 1130 g/mol. The van der Waals surface area contributed by atoms with Crippen LogP contribution in [0.1, 0.15) is 149 Å². The van der Waals surface area contributed by atoms with Crippen LogP contribution < -0.4 is 10.6 Å². The Morgan fingerprint density at radius 1 is 0.325 bits per heavy atom. The summed E-state index contributed by atoms with van der Waals surface area (Å²) in [6.45, 7) is 0.204. The first-order chi connectivity index (χ1) is 38.8. The molecule has 0 aliphatic carbocycles. The van der Waals surface area contributed by atoms with Crippen molar-refractivity contribution in [3.63, 3.8) is 0 Å². The molecule has 0 heterocycles. The highest BCUT2D eigenvalue weighted by atomic mass is 35.5. The van der Waals surface area contributed by atoms with Crippen LogP contribution >= 0.6 is 69.6 Å². The zero-order valence-electron chi connectivity index (χ0n) is 45.3. The van der Waals surface area contributed by atoms with Gasteiger partial charge in [-0.15, -0.1) is 0 Å². The lowest BCUT2D eigenvalue weighted by molar-refractivity contribution is -0.144. The second-order valence-corrected chi connectivity index (χ2v) is 22.8. The fourth-order valence-corrected chi connectivity index (χ4v) is 10.9. The number of allylic oxidation sites excluding steroid dienone is 2. The summed E-state index contributed by atoms with van der Waals surface area (Å²) in [5.41, 5.74) is 3.26. The molecule has 0 aromatic heterocycles. The van der Waals surface area contributed by atoms with Crippen molar-refractivity contribution in [1.29, 1.82) is 0 Å². The maximum Gasteiger partial charge on any atom is 0.325 e. The Morgan fingerprint density at radius 3 is 0.775 bits per heavy atom. The minimum Gasteiger partial charge on any atom is -0.464 e. The third-order valence-corrected chi connectivity index (χ3v) is 16.0. The standard InChI is InChI=1S/C66H72Cl6N2O6/c67-55-31-19-49(20-32-55)65(50-21-33-56(68)34-22-50,51-23-35-57(69)36-24-51)45-61(75)73-47-63(77)79-43-17-15-13-11-9-7-5-3-1-2-4-6-8-10-12-14-16-18-44-80-64(78)48-74-62(76)46-66(52-25-37-58(70)38-26-52,53-27-39-59(71)40-28-53)54-29-41-60(72)42-30-54/h1-2,19-42H,3-18,43-48H2,(H,73,75)(H,74,76)/b2-1-. The predicted molar refractivity (Wildman–Crippen MR) is 329 cm³/mol. The van der Waals surface area contributed by atoms with E-state index in [2.05, 4.69) is 22.8 Å². The molecule has 0 fully saturated rings. The van der Waals surface area contributed by atoms with Gasteiger partial charge in [-0.3, -0.25) is 19.2 Å². The number of halogens is 6. The molecule has 0 atom stereocenters. The molecule has 0 radical (unpaired) electrons. The van der Waals surface area contributed by atoms with Crippen LogP contribution in [0.5, 0.6) is 0 Å². The first kappa shape index (κ1) is 63.9. The molecule has 14 heteroatoms. The van der Waals surface area contributed by atoms with Crippen LogP contribution in [-0.4, -0.2) is 50.1 Å². The molecule has 0 aliphatic rings. The van der Waals surface area contributed by atoms with E-state index >= 15 is 0 Å². The third kappa shape index (κ3) is 20.3. The van der Waals surface area contributed by atoms with Crippen molar-refractivity contribution in [2.45, 2.75) is 126 Å². The molecule has 6 rings (SSSR count). The van der Waals surface area contributed by atoms with E-state index in [1.807, 2.05) is 72.8 Å². The SMILES string of the molecule is O=C(CC(c1ccc(Cl)cc1)(c1ccc(Cl)cc1)c1ccc(Cl)cc1)NCC(=O)OCCCCCCCCC/C=C\CCCCCCCCCOC(=O)CNC(=O)CC(c1ccc(Cl)cc1)(c1ccc(Cl)cc1)c1ccc(Cl)cc1. The van der Waals surface area contributed by atoms with Gasteiger partial charge in [0.15, 0.2) is 0 Å². The molecule has 0 aliphatic heterocycles. The quantitative estimate of drug-likeness (QED) is 0.0180. The van der Waals surface area contributed by atoms with Crippen molar-refractivity contribution < 1.29 is 28.7 Å². The Hall–Kier alpha value is -5.32. The highest BCUT2D eigenvalue weighted by Gasteiger charge is 2.40. The van der Waals surface area contributed by atoms with Crippen LogP contribution in [0.25, 0.3) is 0 Å². The number of carbonyl (C=O) groups is 4. The molecule has 0 saturated carbocycles. The van der Waals surface area contributed by atoms with Crippen LogP contribution in [0.4, 0.5) is 0 Å². The maximum atomic E-state index is 13.7. The summed E-state index contributed by atoms with van der Waals surface area (Å²) >= 11 is 37.7. The molecule has 6 aromatic carbocycles. The third-order valence-electron chi connectivity index (χ3n) is 14.5. The van der Waals surface area contributed by atoms with E-state index in [0.29, 0.717) is 43.3 Å².